The topological polar surface area (TPSA) is 125 Å². The van der Waals surface area contributed by atoms with Gasteiger partial charge < -0.3 is 10.1 Å². The minimum absolute atomic E-state index is 0.104. The van der Waals surface area contributed by atoms with Gasteiger partial charge in [-0.25, -0.2) is 9.78 Å². The van der Waals surface area contributed by atoms with E-state index in [2.05, 4.69) is 19.7 Å². The third-order valence-electron chi connectivity index (χ3n) is 2.53. The number of carboxylic acids is 1. The van der Waals surface area contributed by atoms with Crippen LogP contribution >= 0.6 is 0 Å². The molecule has 106 valence electrons. The quantitative estimate of drug-likeness (QED) is 0.751. The molecule has 0 bridgehead atoms. The van der Waals surface area contributed by atoms with Gasteiger partial charge in [0.2, 0.25) is 0 Å². The number of hydrogen-bond acceptors (Lipinski definition) is 5. The van der Waals surface area contributed by atoms with E-state index in [4.69, 9.17) is 5.11 Å². The molecule has 0 amide bonds. The molecule has 2 heterocycles. The summed E-state index contributed by atoms with van der Waals surface area (Å²) in [5, 5.41) is 8.86. The molecule has 0 aliphatic rings. The first kappa shape index (κ1) is 14.0. The summed E-state index contributed by atoms with van der Waals surface area (Å²) in [4.78, 5) is 21.3. The van der Waals surface area contributed by atoms with Gasteiger partial charge in [-0.1, -0.05) is 6.92 Å². The first-order chi connectivity index (χ1) is 9.44. The molecule has 0 fully saturated rings. The SMILES string of the molecule is CCc1ncc(S(=O)(=O)Nc2cnccc2C(=O)O)[nH]1. The molecule has 3 N–H and O–H groups in total. The van der Waals surface area contributed by atoms with Crippen LogP contribution in [0, 0.1) is 0 Å². The predicted molar refractivity (Wildman–Crippen MR) is 70.0 cm³/mol. The van der Waals surface area contributed by atoms with Crippen molar-refractivity contribution in [1.29, 1.82) is 0 Å². The van der Waals surface area contributed by atoms with Crippen LogP contribution in [0.2, 0.25) is 0 Å². The van der Waals surface area contributed by atoms with Gasteiger partial charge in [-0.2, -0.15) is 8.42 Å². The number of anilines is 1. The summed E-state index contributed by atoms with van der Waals surface area (Å²) in [7, 11) is -3.93. The Labute approximate surface area is 114 Å². The molecule has 9 heteroatoms. The summed E-state index contributed by atoms with van der Waals surface area (Å²) < 4.78 is 26.4. The molecular weight excluding hydrogens is 284 g/mol. The van der Waals surface area contributed by atoms with E-state index in [0.29, 0.717) is 12.2 Å². The maximum Gasteiger partial charge on any atom is 0.337 e. The largest absolute Gasteiger partial charge is 0.478 e. The van der Waals surface area contributed by atoms with Gasteiger partial charge >= 0.3 is 5.97 Å². The maximum absolute atomic E-state index is 12.1. The van der Waals surface area contributed by atoms with Crippen LogP contribution in [0.15, 0.2) is 29.7 Å². The summed E-state index contributed by atoms with van der Waals surface area (Å²) in [5.74, 6) is -0.723. The van der Waals surface area contributed by atoms with Gasteiger partial charge in [-0.05, 0) is 6.07 Å². The highest BCUT2D eigenvalue weighted by molar-refractivity contribution is 7.92. The van der Waals surface area contributed by atoms with Gasteiger partial charge in [0.1, 0.15) is 5.82 Å². The number of aryl methyl sites for hydroxylation is 1. The standard InChI is InChI=1S/C11H12N4O4S/c1-2-9-13-6-10(14-9)20(18,19)15-8-5-12-4-3-7(8)11(16)17/h3-6,15H,2H2,1H3,(H,13,14)(H,16,17). The zero-order valence-electron chi connectivity index (χ0n) is 10.5. The summed E-state index contributed by atoms with van der Waals surface area (Å²) >= 11 is 0. The average molecular weight is 296 g/mol. The number of rotatable bonds is 5. The molecule has 0 aliphatic heterocycles. The Hall–Kier alpha value is -2.42. The van der Waals surface area contributed by atoms with Gasteiger partial charge in [-0.15, -0.1) is 0 Å². The van der Waals surface area contributed by atoms with Crippen molar-refractivity contribution >= 4 is 21.7 Å². The Morgan fingerprint density at radius 3 is 2.80 bits per heavy atom. The number of pyridine rings is 1. The van der Waals surface area contributed by atoms with E-state index < -0.39 is 16.0 Å². The summed E-state index contributed by atoms with van der Waals surface area (Å²) in [6, 6.07) is 1.21. The Morgan fingerprint density at radius 1 is 1.45 bits per heavy atom. The highest BCUT2D eigenvalue weighted by Gasteiger charge is 2.20. The van der Waals surface area contributed by atoms with Gasteiger partial charge in [0.25, 0.3) is 10.0 Å². The molecule has 2 rings (SSSR count). The van der Waals surface area contributed by atoms with Crippen molar-refractivity contribution in [2.45, 2.75) is 18.4 Å². The maximum atomic E-state index is 12.1. The smallest absolute Gasteiger partial charge is 0.337 e. The summed E-state index contributed by atoms with van der Waals surface area (Å²) in [6.07, 6.45) is 4.14. The molecule has 0 atom stereocenters. The van der Waals surface area contributed by atoms with Gasteiger partial charge in [0, 0.05) is 12.6 Å². The molecular formula is C11H12N4O4S. The van der Waals surface area contributed by atoms with Crippen LogP contribution in [0.3, 0.4) is 0 Å². The molecule has 2 aromatic rings. The lowest BCUT2D eigenvalue weighted by Gasteiger charge is -2.08. The second kappa shape index (κ2) is 5.29. The lowest BCUT2D eigenvalue weighted by Crippen LogP contribution is -2.16. The number of nitrogens with one attached hydrogen (secondary N) is 2. The fourth-order valence-corrected chi connectivity index (χ4v) is 2.53. The van der Waals surface area contributed by atoms with E-state index in [1.807, 2.05) is 6.92 Å². The second-order valence-electron chi connectivity index (χ2n) is 3.88. The first-order valence-electron chi connectivity index (χ1n) is 5.68. The number of aromatic carboxylic acids is 1. The van der Waals surface area contributed by atoms with E-state index >= 15 is 0 Å². The molecule has 0 saturated carbocycles. The number of carbonyl (C=O) groups is 1. The molecule has 8 nitrogen and oxygen atoms in total. The van der Waals surface area contributed by atoms with Crippen molar-refractivity contribution in [1.82, 2.24) is 15.0 Å². The summed E-state index contributed by atoms with van der Waals surface area (Å²) in [6.45, 7) is 1.83. The van der Waals surface area contributed by atoms with Crippen molar-refractivity contribution in [3.05, 3.63) is 36.0 Å². The second-order valence-corrected chi connectivity index (χ2v) is 5.53. The van der Waals surface area contributed by atoms with Crippen LogP contribution in [0.25, 0.3) is 0 Å². The number of aromatic nitrogens is 3. The zero-order chi connectivity index (χ0) is 14.8. The molecule has 0 unspecified atom stereocenters. The number of aromatic amines is 1. The van der Waals surface area contributed by atoms with Crippen molar-refractivity contribution in [3.8, 4) is 0 Å². The Balaban J connectivity index is 2.36. The van der Waals surface area contributed by atoms with E-state index in [1.54, 1.807) is 0 Å². The van der Waals surface area contributed by atoms with Crippen LogP contribution in [-0.4, -0.2) is 34.4 Å². The van der Waals surface area contributed by atoms with E-state index in [1.165, 1.54) is 18.5 Å². The van der Waals surface area contributed by atoms with Crippen LogP contribution in [-0.2, 0) is 16.4 Å². The fraction of sp³-hybridized carbons (Fsp3) is 0.182. The monoisotopic (exact) mass is 296 g/mol. The minimum atomic E-state index is -3.93. The Morgan fingerprint density at radius 2 is 2.20 bits per heavy atom. The van der Waals surface area contributed by atoms with Crippen molar-refractivity contribution in [2.24, 2.45) is 0 Å². The van der Waals surface area contributed by atoms with E-state index in [9.17, 15) is 13.2 Å². The van der Waals surface area contributed by atoms with Crippen LogP contribution < -0.4 is 4.72 Å². The molecule has 0 radical (unpaired) electrons. The minimum Gasteiger partial charge on any atom is -0.478 e. The first-order valence-corrected chi connectivity index (χ1v) is 7.16. The molecule has 0 aliphatic carbocycles. The lowest BCUT2D eigenvalue weighted by molar-refractivity contribution is 0.0698. The zero-order valence-corrected chi connectivity index (χ0v) is 11.3. The van der Waals surface area contributed by atoms with Gasteiger partial charge in [0.15, 0.2) is 5.03 Å². The number of carboxylic acid groups (broad SMARTS) is 1. The third kappa shape index (κ3) is 2.77. The number of hydrogen-bond donors (Lipinski definition) is 3. The van der Waals surface area contributed by atoms with Gasteiger partial charge in [0.05, 0.1) is 23.6 Å². The third-order valence-corrected chi connectivity index (χ3v) is 3.80. The Bertz CT molecular complexity index is 738. The molecule has 20 heavy (non-hydrogen) atoms. The average Bonchev–Trinajstić information content (AvgIpc) is 2.88. The highest BCUT2D eigenvalue weighted by Crippen LogP contribution is 2.18. The number of imidazole rings is 1. The van der Waals surface area contributed by atoms with E-state index in [0.717, 1.165) is 6.20 Å². The van der Waals surface area contributed by atoms with Crippen LogP contribution in [0.4, 0.5) is 5.69 Å². The van der Waals surface area contributed by atoms with E-state index in [-0.39, 0.29) is 16.3 Å². The highest BCUT2D eigenvalue weighted by atomic mass is 32.2. The number of H-pyrrole nitrogens is 1. The summed E-state index contributed by atoms with van der Waals surface area (Å²) in [5.41, 5.74) is -0.286. The number of nitrogens with zero attached hydrogens (tertiary/aromatic N) is 2. The molecule has 0 saturated heterocycles. The van der Waals surface area contributed by atoms with Crippen LogP contribution in [0.1, 0.15) is 23.1 Å². The lowest BCUT2D eigenvalue weighted by atomic mass is 10.2. The fourth-order valence-electron chi connectivity index (χ4n) is 1.52. The molecule has 2 aromatic heterocycles. The number of sulfonamides is 1. The van der Waals surface area contributed by atoms with Crippen molar-refractivity contribution in [2.75, 3.05) is 4.72 Å². The van der Waals surface area contributed by atoms with Crippen molar-refractivity contribution < 1.29 is 18.3 Å². The molecule has 0 spiro atoms. The van der Waals surface area contributed by atoms with Crippen LogP contribution in [0.5, 0.6) is 0 Å². The molecule has 0 aromatic carbocycles. The Kier molecular flexibility index (Phi) is 3.70. The normalized spacial score (nSPS) is 11.2. The van der Waals surface area contributed by atoms with Gasteiger partial charge in [-0.3, -0.25) is 9.71 Å². The van der Waals surface area contributed by atoms with Crippen molar-refractivity contribution in [3.63, 3.8) is 0 Å². The predicted octanol–water partition coefficient (Wildman–Crippen LogP) is 0.866.